The third-order valence-corrected chi connectivity index (χ3v) is 4.02. The van der Waals surface area contributed by atoms with Crippen molar-refractivity contribution in [2.45, 2.75) is 51.0 Å². The van der Waals surface area contributed by atoms with Crippen molar-refractivity contribution >= 4 is 11.9 Å². The Morgan fingerprint density at radius 1 is 1.50 bits per heavy atom. The summed E-state index contributed by atoms with van der Waals surface area (Å²) < 4.78 is 0. The van der Waals surface area contributed by atoms with E-state index in [2.05, 4.69) is 36.1 Å². The van der Waals surface area contributed by atoms with Gasteiger partial charge in [-0.15, -0.1) is 0 Å². The SMILES string of the molecule is CNC(=O)CC1(O)CCCN(c2nccc(C(C)(C)C)n2)C1. The van der Waals surface area contributed by atoms with Crippen molar-refractivity contribution < 1.29 is 9.90 Å². The average Bonchev–Trinajstić information content (AvgIpc) is 2.46. The maximum atomic E-state index is 11.6. The molecule has 1 unspecified atom stereocenters. The highest BCUT2D eigenvalue weighted by molar-refractivity contribution is 5.76. The van der Waals surface area contributed by atoms with Gasteiger partial charge in [0.25, 0.3) is 0 Å². The van der Waals surface area contributed by atoms with Crippen LogP contribution in [-0.2, 0) is 10.2 Å². The number of anilines is 1. The molecule has 0 aliphatic carbocycles. The van der Waals surface area contributed by atoms with Gasteiger partial charge in [0.05, 0.1) is 24.3 Å². The molecule has 1 aliphatic heterocycles. The van der Waals surface area contributed by atoms with Crippen molar-refractivity contribution in [3.63, 3.8) is 0 Å². The summed E-state index contributed by atoms with van der Waals surface area (Å²) in [6, 6.07) is 1.92. The van der Waals surface area contributed by atoms with Gasteiger partial charge in [-0.05, 0) is 18.9 Å². The predicted octanol–water partition coefficient (Wildman–Crippen LogP) is 1.24. The van der Waals surface area contributed by atoms with Gasteiger partial charge in [0.1, 0.15) is 0 Å². The van der Waals surface area contributed by atoms with Crippen LogP contribution in [0.4, 0.5) is 5.95 Å². The minimum absolute atomic E-state index is 0.0497. The molecule has 2 heterocycles. The van der Waals surface area contributed by atoms with Gasteiger partial charge in [-0.3, -0.25) is 4.79 Å². The van der Waals surface area contributed by atoms with E-state index in [1.54, 1.807) is 13.2 Å². The number of amides is 1. The zero-order valence-corrected chi connectivity index (χ0v) is 13.9. The molecule has 0 saturated carbocycles. The number of hydrogen-bond acceptors (Lipinski definition) is 5. The van der Waals surface area contributed by atoms with E-state index in [0.717, 1.165) is 18.7 Å². The van der Waals surface area contributed by atoms with Gasteiger partial charge in [-0.2, -0.15) is 0 Å². The number of rotatable bonds is 3. The number of hydrogen-bond donors (Lipinski definition) is 2. The first-order chi connectivity index (χ1) is 10.2. The molecule has 0 radical (unpaired) electrons. The second kappa shape index (κ2) is 6.20. The number of carbonyl (C=O) groups excluding carboxylic acids is 1. The molecule has 22 heavy (non-hydrogen) atoms. The second-order valence-electron chi connectivity index (χ2n) is 7.09. The third kappa shape index (κ3) is 3.94. The molecule has 1 fully saturated rings. The van der Waals surface area contributed by atoms with Crippen LogP contribution >= 0.6 is 0 Å². The highest BCUT2D eigenvalue weighted by atomic mass is 16.3. The van der Waals surface area contributed by atoms with Crippen LogP contribution in [0, 0.1) is 0 Å². The molecular formula is C16H26N4O2. The molecule has 1 aromatic heterocycles. The summed E-state index contributed by atoms with van der Waals surface area (Å²) >= 11 is 0. The number of β-amino-alcohol motifs (C(OH)–C–C–N with tert-alkyl or cyclic N) is 1. The van der Waals surface area contributed by atoms with Gasteiger partial charge >= 0.3 is 0 Å². The van der Waals surface area contributed by atoms with Crippen LogP contribution in [0.15, 0.2) is 12.3 Å². The number of nitrogens with one attached hydrogen (secondary N) is 1. The number of carbonyl (C=O) groups is 1. The summed E-state index contributed by atoms with van der Waals surface area (Å²) in [4.78, 5) is 22.5. The first-order valence-corrected chi connectivity index (χ1v) is 7.75. The van der Waals surface area contributed by atoms with Crippen molar-refractivity contribution in [1.82, 2.24) is 15.3 Å². The molecule has 1 aromatic rings. The molecule has 2 N–H and O–H groups in total. The Balaban J connectivity index is 2.17. The lowest BCUT2D eigenvalue weighted by atomic mass is 9.89. The fourth-order valence-electron chi connectivity index (χ4n) is 2.73. The molecular weight excluding hydrogens is 280 g/mol. The van der Waals surface area contributed by atoms with E-state index in [4.69, 9.17) is 0 Å². The van der Waals surface area contributed by atoms with E-state index < -0.39 is 5.60 Å². The second-order valence-corrected chi connectivity index (χ2v) is 7.09. The first kappa shape index (κ1) is 16.7. The molecule has 1 aliphatic rings. The van der Waals surface area contributed by atoms with Crippen LogP contribution in [0.2, 0.25) is 0 Å². The van der Waals surface area contributed by atoms with Crippen LogP contribution in [0.5, 0.6) is 0 Å². The number of nitrogens with zero attached hydrogens (tertiary/aromatic N) is 3. The molecule has 0 bridgehead atoms. The minimum atomic E-state index is -1.01. The fourth-order valence-corrected chi connectivity index (χ4v) is 2.73. The van der Waals surface area contributed by atoms with E-state index in [-0.39, 0.29) is 17.7 Å². The summed E-state index contributed by atoms with van der Waals surface area (Å²) in [7, 11) is 1.59. The first-order valence-electron chi connectivity index (χ1n) is 7.75. The highest BCUT2D eigenvalue weighted by Gasteiger charge is 2.36. The minimum Gasteiger partial charge on any atom is -0.388 e. The van der Waals surface area contributed by atoms with E-state index in [1.807, 2.05) is 11.0 Å². The third-order valence-electron chi connectivity index (χ3n) is 4.02. The van der Waals surface area contributed by atoms with Crippen LogP contribution in [-0.4, -0.2) is 46.7 Å². The monoisotopic (exact) mass is 306 g/mol. The topological polar surface area (TPSA) is 78.4 Å². The Bertz CT molecular complexity index is 541. The van der Waals surface area contributed by atoms with Gasteiger partial charge in [-0.1, -0.05) is 20.8 Å². The quantitative estimate of drug-likeness (QED) is 0.878. The lowest BCUT2D eigenvalue weighted by Gasteiger charge is -2.39. The lowest BCUT2D eigenvalue weighted by molar-refractivity contribution is -0.125. The van der Waals surface area contributed by atoms with E-state index in [9.17, 15) is 9.90 Å². The van der Waals surface area contributed by atoms with Crippen LogP contribution in [0.1, 0.15) is 45.7 Å². The zero-order valence-electron chi connectivity index (χ0n) is 13.9. The Hall–Kier alpha value is -1.69. The van der Waals surface area contributed by atoms with Gasteiger partial charge in [0.15, 0.2) is 0 Å². The maximum Gasteiger partial charge on any atom is 0.225 e. The largest absolute Gasteiger partial charge is 0.388 e. The zero-order chi connectivity index (χ0) is 16.4. The van der Waals surface area contributed by atoms with Gasteiger partial charge < -0.3 is 15.3 Å². The Labute approximate surface area is 132 Å². The molecule has 6 nitrogen and oxygen atoms in total. The molecule has 1 atom stereocenters. The smallest absolute Gasteiger partial charge is 0.225 e. The number of aromatic nitrogens is 2. The van der Waals surface area contributed by atoms with Crippen LogP contribution in [0.3, 0.4) is 0 Å². The summed E-state index contributed by atoms with van der Waals surface area (Å²) in [6.07, 6.45) is 3.31. The van der Waals surface area contributed by atoms with Crippen molar-refractivity contribution in [2.75, 3.05) is 25.0 Å². The summed E-state index contributed by atoms with van der Waals surface area (Å²) in [5, 5.41) is 13.2. The molecule has 2 rings (SSSR count). The summed E-state index contributed by atoms with van der Waals surface area (Å²) in [5.74, 6) is 0.483. The van der Waals surface area contributed by atoms with Crippen LogP contribution < -0.4 is 10.2 Å². The standard InChI is InChI=1S/C16H26N4O2/c1-15(2,3)12-6-8-18-14(19-12)20-9-5-7-16(22,11-20)10-13(21)17-4/h6,8,22H,5,7,9-11H2,1-4H3,(H,17,21). The predicted molar refractivity (Wildman–Crippen MR) is 85.8 cm³/mol. The normalized spacial score (nSPS) is 22.5. The van der Waals surface area contributed by atoms with E-state index in [0.29, 0.717) is 18.9 Å². The molecule has 1 saturated heterocycles. The van der Waals surface area contributed by atoms with Gasteiger partial charge in [0, 0.05) is 25.2 Å². The molecule has 122 valence electrons. The van der Waals surface area contributed by atoms with Crippen LogP contribution in [0.25, 0.3) is 0 Å². The average molecular weight is 306 g/mol. The molecule has 1 amide bonds. The lowest BCUT2D eigenvalue weighted by Crippen LogP contribution is -2.51. The summed E-state index contributed by atoms with van der Waals surface area (Å²) in [5.41, 5.74) is -0.0939. The van der Waals surface area contributed by atoms with Crippen molar-refractivity contribution in [2.24, 2.45) is 0 Å². The van der Waals surface area contributed by atoms with Gasteiger partial charge in [0.2, 0.25) is 11.9 Å². The van der Waals surface area contributed by atoms with Crippen molar-refractivity contribution in [3.05, 3.63) is 18.0 Å². The Morgan fingerprint density at radius 2 is 2.23 bits per heavy atom. The number of aliphatic hydroxyl groups is 1. The maximum absolute atomic E-state index is 11.6. The molecule has 0 aromatic carbocycles. The van der Waals surface area contributed by atoms with Crippen molar-refractivity contribution in [3.8, 4) is 0 Å². The van der Waals surface area contributed by atoms with E-state index >= 15 is 0 Å². The number of piperidine rings is 1. The van der Waals surface area contributed by atoms with Gasteiger partial charge in [-0.25, -0.2) is 9.97 Å². The highest BCUT2D eigenvalue weighted by Crippen LogP contribution is 2.28. The molecule has 6 heteroatoms. The van der Waals surface area contributed by atoms with E-state index in [1.165, 1.54) is 0 Å². The Morgan fingerprint density at radius 3 is 2.86 bits per heavy atom. The molecule has 0 spiro atoms. The fraction of sp³-hybridized carbons (Fsp3) is 0.688. The summed E-state index contributed by atoms with van der Waals surface area (Å²) in [6.45, 7) is 7.50. The Kier molecular flexibility index (Phi) is 4.70. The van der Waals surface area contributed by atoms with Crippen molar-refractivity contribution in [1.29, 1.82) is 0 Å².